The molecule has 1 aliphatic heterocycles. The van der Waals surface area contributed by atoms with Gasteiger partial charge in [0.05, 0.1) is 6.04 Å². The molecule has 0 fully saturated rings. The van der Waals surface area contributed by atoms with E-state index < -0.39 is 0 Å². The minimum Gasteiger partial charge on any atom is -0.325 e. The quantitative estimate of drug-likeness (QED) is 0.940. The van der Waals surface area contributed by atoms with Gasteiger partial charge >= 0.3 is 0 Å². The Morgan fingerprint density at radius 1 is 1.30 bits per heavy atom. The largest absolute Gasteiger partial charge is 0.325 e. The number of para-hydroxylation sites is 1. The molecular formula is C16H18N2OS. The van der Waals surface area contributed by atoms with E-state index in [2.05, 4.69) is 21.7 Å². The van der Waals surface area contributed by atoms with Crippen LogP contribution in [0.5, 0.6) is 0 Å². The number of amides is 1. The van der Waals surface area contributed by atoms with Crippen LogP contribution >= 0.6 is 11.3 Å². The first-order valence-electron chi connectivity index (χ1n) is 6.89. The van der Waals surface area contributed by atoms with Gasteiger partial charge in [0.15, 0.2) is 0 Å². The summed E-state index contributed by atoms with van der Waals surface area (Å²) >= 11 is 1.82. The predicted octanol–water partition coefficient (Wildman–Crippen LogP) is 3.13. The van der Waals surface area contributed by atoms with E-state index in [1.807, 2.05) is 48.6 Å². The molecule has 2 aromatic rings. The van der Waals surface area contributed by atoms with Gasteiger partial charge in [-0.1, -0.05) is 18.2 Å². The van der Waals surface area contributed by atoms with Crippen LogP contribution in [0.25, 0.3) is 0 Å². The number of carbonyl (C=O) groups is 1. The molecule has 1 atom stereocenters. The Hall–Kier alpha value is -1.65. The van der Waals surface area contributed by atoms with Crippen LogP contribution in [0.4, 0.5) is 5.69 Å². The van der Waals surface area contributed by atoms with Gasteiger partial charge in [0, 0.05) is 23.7 Å². The SMILES string of the molecule is CC(C(=O)Nc1ccccc1)N1CCc2sccc2C1. The molecule has 0 spiro atoms. The molecule has 1 aromatic heterocycles. The first-order chi connectivity index (χ1) is 9.74. The molecule has 0 aliphatic carbocycles. The predicted molar refractivity (Wildman–Crippen MR) is 83.0 cm³/mol. The van der Waals surface area contributed by atoms with Gasteiger partial charge in [-0.05, 0) is 42.5 Å². The monoisotopic (exact) mass is 286 g/mol. The summed E-state index contributed by atoms with van der Waals surface area (Å²) in [6, 6.07) is 11.7. The Bertz CT molecular complexity index is 594. The fraction of sp³-hybridized carbons (Fsp3) is 0.312. The molecule has 3 rings (SSSR count). The molecule has 0 radical (unpaired) electrons. The topological polar surface area (TPSA) is 32.3 Å². The molecule has 1 aromatic carbocycles. The van der Waals surface area contributed by atoms with Gasteiger partial charge < -0.3 is 5.32 Å². The molecule has 0 saturated heterocycles. The van der Waals surface area contributed by atoms with E-state index >= 15 is 0 Å². The van der Waals surface area contributed by atoms with Crippen LogP contribution in [-0.4, -0.2) is 23.4 Å². The lowest BCUT2D eigenvalue weighted by atomic mass is 10.1. The lowest BCUT2D eigenvalue weighted by molar-refractivity contribution is -0.121. The van der Waals surface area contributed by atoms with E-state index in [0.717, 1.165) is 25.2 Å². The third-order valence-electron chi connectivity index (χ3n) is 3.81. The number of hydrogen-bond acceptors (Lipinski definition) is 3. The van der Waals surface area contributed by atoms with Gasteiger partial charge in [-0.2, -0.15) is 0 Å². The number of anilines is 1. The maximum atomic E-state index is 12.3. The van der Waals surface area contributed by atoms with Gasteiger partial charge in [0.2, 0.25) is 5.91 Å². The highest BCUT2D eigenvalue weighted by atomic mass is 32.1. The highest BCUT2D eigenvalue weighted by Crippen LogP contribution is 2.25. The second-order valence-electron chi connectivity index (χ2n) is 5.12. The molecule has 1 amide bonds. The highest BCUT2D eigenvalue weighted by molar-refractivity contribution is 7.10. The molecule has 1 unspecified atom stereocenters. The van der Waals surface area contributed by atoms with Gasteiger partial charge in [-0.3, -0.25) is 9.69 Å². The number of benzene rings is 1. The summed E-state index contributed by atoms with van der Waals surface area (Å²) in [4.78, 5) is 16.0. The molecule has 1 N–H and O–H groups in total. The summed E-state index contributed by atoms with van der Waals surface area (Å²) in [6.45, 7) is 3.81. The van der Waals surface area contributed by atoms with Crippen molar-refractivity contribution in [2.24, 2.45) is 0 Å². The number of nitrogens with zero attached hydrogens (tertiary/aromatic N) is 1. The third-order valence-corrected chi connectivity index (χ3v) is 4.83. The Labute approximate surface area is 123 Å². The van der Waals surface area contributed by atoms with E-state index in [1.165, 1.54) is 10.4 Å². The Balaban J connectivity index is 1.64. The highest BCUT2D eigenvalue weighted by Gasteiger charge is 2.25. The molecular weight excluding hydrogens is 268 g/mol. The first-order valence-corrected chi connectivity index (χ1v) is 7.77. The zero-order chi connectivity index (χ0) is 13.9. The van der Waals surface area contributed by atoms with Crippen molar-refractivity contribution in [3.63, 3.8) is 0 Å². The number of rotatable bonds is 3. The fourth-order valence-electron chi connectivity index (χ4n) is 2.53. The molecule has 104 valence electrons. The van der Waals surface area contributed by atoms with Crippen LogP contribution in [0, 0.1) is 0 Å². The molecule has 3 nitrogen and oxygen atoms in total. The number of fused-ring (bicyclic) bond motifs is 1. The second kappa shape index (κ2) is 5.77. The van der Waals surface area contributed by atoms with E-state index in [1.54, 1.807) is 0 Å². The molecule has 20 heavy (non-hydrogen) atoms. The Kier molecular flexibility index (Phi) is 3.85. The van der Waals surface area contributed by atoms with Crippen molar-refractivity contribution < 1.29 is 4.79 Å². The van der Waals surface area contributed by atoms with Gasteiger partial charge in [0.25, 0.3) is 0 Å². The zero-order valence-corrected chi connectivity index (χ0v) is 12.3. The molecule has 1 aliphatic rings. The van der Waals surface area contributed by atoms with E-state index in [4.69, 9.17) is 0 Å². The molecule has 2 heterocycles. The van der Waals surface area contributed by atoms with Crippen molar-refractivity contribution in [2.75, 3.05) is 11.9 Å². The van der Waals surface area contributed by atoms with E-state index in [-0.39, 0.29) is 11.9 Å². The minimum atomic E-state index is -0.108. The van der Waals surface area contributed by atoms with Crippen molar-refractivity contribution in [3.8, 4) is 0 Å². The standard InChI is InChI=1S/C16H18N2OS/c1-12(16(19)17-14-5-3-2-4-6-14)18-9-7-15-13(11-18)8-10-20-15/h2-6,8,10,12H,7,9,11H2,1H3,(H,17,19). The van der Waals surface area contributed by atoms with E-state index in [0.29, 0.717) is 0 Å². The summed E-state index contributed by atoms with van der Waals surface area (Å²) < 4.78 is 0. The van der Waals surface area contributed by atoms with Gasteiger partial charge in [-0.25, -0.2) is 0 Å². The molecule has 0 bridgehead atoms. The fourth-order valence-corrected chi connectivity index (χ4v) is 3.42. The average molecular weight is 286 g/mol. The lowest BCUT2D eigenvalue weighted by Gasteiger charge is -2.31. The number of hydrogen-bond donors (Lipinski definition) is 1. The Morgan fingerprint density at radius 2 is 2.10 bits per heavy atom. The summed E-state index contributed by atoms with van der Waals surface area (Å²) in [7, 11) is 0. The Morgan fingerprint density at radius 3 is 2.90 bits per heavy atom. The van der Waals surface area contributed by atoms with Crippen LogP contribution in [0.2, 0.25) is 0 Å². The zero-order valence-electron chi connectivity index (χ0n) is 11.5. The maximum Gasteiger partial charge on any atom is 0.241 e. The maximum absolute atomic E-state index is 12.3. The van der Waals surface area contributed by atoms with Crippen LogP contribution < -0.4 is 5.32 Å². The summed E-state index contributed by atoms with van der Waals surface area (Å²) in [6.07, 6.45) is 1.05. The average Bonchev–Trinajstić information content (AvgIpc) is 2.94. The van der Waals surface area contributed by atoms with Crippen molar-refractivity contribution in [1.29, 1.82) is 0 Å². The van der Waals surface area contributed by atoms with Crippen molar-refractivity contribution in [1.82, 2.24) is 4.90 Å². The molecule has 4 heteroatoms. The van der Waals surface area contributed by atoms with Crippen molar-refractivity contribution in [2.45, 2.75) is 25.9 Å². The van der Waals surface area contributed by atoms with Crippen molar-refractivity contribution >= 4 is 22.9 Å². The van der Waals surface area contributed by atoms with Gasteiger partial charge in [0.1, 0.15) is 0 Å². The van der Waals surface area contributed by atoms with Crippen LogP contribution in [0.15, 0.2) is 41.8 Å². The summed E-state index contributed by atoms with van der Waals surface area (Å²) in [5.41, 5.74) is 2.23. The smallest absolute Gasteiger partial charge is 0.241 e. The first kappa shape index (κ1) is 13.3. The van der Waals surface area contributed by atoms with Crippen molar-refractivity contribution in [3.05, 3.63) is 52.2 Å². The normalized spacial score (nSPS) is 16.4. The number of nitrogens with one attached hydrogen (secondary N) is 1. The summed E-state index contributed by atoms with van der Waals surface area (Å²) in [5, 5.41) is 5.12. The summed E-state index contributed by atoms with van der Waals surface area (Å²) in [5.74, 6) is 0.0647. The second-order valence-corrected chi connectivity index (χ2v) is 6.12. The third kappa shape index (κ3) is 2.76. The lowest BCUT2D eigenvalue weighted by Crippen LogP contribution is -2.44. The van der Waals surface area contributed by atoms with Crippen LogP contribution in [0.1, 0.15) is 17.4 Å². The van der Waals surface area contributed by atoms with Gasteiger partial charge in [-0.15, -0.1) is 11.3 Å². The molecule has 0 saturated carbocycles. The number of carbonyl (C=O) groups excluding carboxylic acids is 1. The number of thiophene rings is 1. The minimum absolute atomic E-state index is 0.0647. The van der Waals surface area contributed by atoms with Crippen LogP contribution in [-0.2, 0) is 17.8 Å². The van der Waals surface area contributed by atoms with E-state index in [9.17, 15) is 4.79 Å². The van der Waals surface area contributed by atoms with Crippen LogP contribution in [0.3, 0.4) is 0 Å².